The second kappa shape index (κ2) is 5.44. The summed E-state index contributed by atoms with van der Waals surface area (Å²) in [5, 5.41) is 10.6. The molecule has 0 aliphatic heterocycles. The number of carbonyl (C=O) groups excluding carboxylic acids is 1. The number of hydrogen-bond acceptors (Lipinski definition) is 3. The maximum Gasteiger partial charge on any atom is 0.262 e. The molecule has 3 aromatic rings. The van der Waals surface area contributed by atoms with Crippen molar-refractivity contribution in [1.82, 2.24) is 10.2 Å². The molecule has 2 N–H and O–H groups in total. The molecular formula is C15H13N3O2. The van der Waals surface area contributed by atoms with Crippen LogP contribution in [0.4, 0.5) is 5.69 Å². The number of anilines is 1. The number of amides is 1. The first-order valence-corrected chi connectivity index (χ1v) is 6.22. The van der Waals surface area contributed by atoms with Gasteiger partial charge in [-0.1, -0.05) is 18.2 Å². The number of hydrogen-bond donors (Lipinski definition) is 2. The van der Waals surface area contributed by atoms with Crippen molar-refractivity contribution in [3.8, 4) is 5.75 Å². The molecule has 20 heavy (non-hydrogen) atoms. The average molecular weight is 267 g/mol. The first-order valence-electron chi connectivity index (χ1n) is 6.22. The van der Waals surface area contributed by atoms with Gasteiger partial charge in [0.05, 0.1) is 11.7 Å². The average Bonchev–Trinajstić information content (AvgIpc) is 2.94. The summed E-state index contributed by atoms with van der Waals surface area (Å²) in [6, 6.07) is 14.8. The summed E-state index contributed by atoms with van der Waals surface area (Å²) in [4.78, 5) is 11.8. The van der Waals surface area contributed by atoms with E-state index in [4.69, 9.17) is 4.74 Å². The molecule has 0 radical (unpaired) electrons. The molecule has 1 amide bonds. The minimum absolute atomic E-state index is 0.0228. The molecule has 3 rings (SSSR count). The third-order valence-corrected chi connectivity index (χ3v) is 2.84. The van der Waals surface area contributed by atoms with Crippen LogP contribution in [-0.4, -0.2) is 22.7 Å². The van der Waals surface area contributed by atoms with Crippen LogP contribution in [0.5, 0.6) is 5.75 Å². The molecular weight excluding hydrogens is 254 g/mol. The van der Waals surface area contributed by atoms with E-state index in [1.807, 2.05) is 48.5 Å². The zero-order valence-corrected chi connectivity index (χ0v) is 10.7. The molecule has 1 aromatic heterocycles. The van der Waals surface area contributed by atoms with Gasteiger partial charge in [0.25, 0.3) is 5.91 Å². The SMILES string of the molecule is O=C(COc1ccccc1)Nc1ccc2cn[nH]c2c1. The van der Waals surface area contributed by atoms with Gasteiger partial charge in [0.1, 0.15) is 5.75 Å². The highest BCUT2D eigenvalue weighted by Crippen LogP contribution is 2.16. The number of ether oxygens (including phenoxy) is 1. The van der Waals surface area contributed by atoms with Crippen LogP contribution in [0.1, 0.15) is 0 Å². The fourth-order valence-corrected chi connectivity index (χ4v) is 1.88. The van der Waals surface area contributed by atoms with Crippen molar-refractivity contribution in [3.63, 3.8) is 0 Å². The Hall–Kier alpha value is -2.82. The Morgan fingerprint density at radius 2 is 2.05 bits per heavy atom. The fourth-order valence-electron chi connectivity index (χ4n) is 1.88. The number of nitrogens with zero attached hydrogens (tertiary/aromatic N) is 1. The molecule has 0 aliphatic carbocycles. The summed E-state index contributed by atoms with van der Waals surface area (Å²) in [5.74, 6) is 0.472. The van der Waals surface area contributed by atoms with E-state index in [1.165, 1.54) is 0 Å². The summed E-state index contributed by atoms with van der Waals surface area (Å²) in [6.45, 7) is -0.0228. The van der Waals surface area contributed by atoms with Crippen LogP contribution in [0, 0.1) is 0 Å². The Morgan fingerprint density at radius 3 is 2.90 bits per heavy atom. The Kier molecular flexibility index (Phi) is 3.33. The Labute approximate surface area is 115 Å². The lowest BCUT2D eigenvalue weighted by Crippen LogP contribution is -2.20. The van der Waals surface area contributed by atoms with Crippen LogP contribution in [0.2, 0.25) is 0 Å². The molecule has 1 heterocycles. The maximum absolute atomic E-state index is 11.8. The van der Waals surface area contributed by atoms with E-state index in [0.29, 0.717) is 11.4 Å². The predicted octanol–water partition coefficient (Wildman–Crippen LogP) is 2.58. The second-order valence-electron chi connectivity index (χ2n) is 4.32. The normalized spacial score (nSPS) is 10.4. The van der Waals surface area contributed by atoms with Crippen molar-refractivity contribution < 1.29 is 9.53 Å². The second-order valence-corrected chi connectivity index (χ2v) is 4.32. The number of aromatic nitrogens is 2. The van der Waals surface area contributed by atoms with E-state index in [1.54, 1.807) is 6.20 Å². The molecule has 0 bridgehead atoms. The van der Waals surface area contributed by atoms with Gasteiger partial charge in [-0.2, -0.15) is 5.10 Å². The number of rotatable bonds is 4. The van der Waals surface area contributed by atoms with E-state index < -0.39 is 0 Å². The van der Waals surface area contributed by atoms with Crippen LogP contribution in [0.15, 0.2) is 54.7 Å². The number of nitrogens with one attached hydrogen (secondary N) is 2. The zero-order valence-electron chi connectivity index (χ0n) is 10.7. The van der Waals surface area contributed by atoms with Crippen molar-refractivity contribution in [1.29, 1.82) is 0 Å². The van der Waals surface area contributed by atoms with Gasteiger partial charge in [-0.25, -0.2) is 0 Å². The van der Waals surface area contributed by atoms with E-state index in [2.05, 4.69) is 15.5 Å². The van der Waals surface area contributed by atoms with Gasteiger partial charge in [0, 0.05) is 11.1 Å². The van der Waals surface area contributed by atoms with Crippen LogP contribution in [0.25, 0.3) is 10.9 Å². The first kappa shape index (κ1) is 12.2. The van der Waals surface area contributed by atoms with Crippen LogP contribution >= 0.6 is 0 Å². The highest BCUT2D eigenvalue weighted by atomic mass is 16.5. The minimum atomic E-state index is -0.201. The molecule has 0 fully saturated rings. The molecule has 0 atom stereocenters. The lowest BCUT2D eigenvalue weighted by Gasteiger charge is -2.07. The van der Waals surface area contributed by atoms with Crippen LogP contribution in [0.3, 0.4) is 0 Å². The Bertz CT molecular complexity index is 722. The van der Waals surface area contributed by atoms with Gasteiger partial charge in [-0.05, 0) is 30.3 Å². The molecule has 100 valence electrons. The predicted molar refractivity (Wildman–Crippen MR) is 76.7 cm³/mol. The quantitative estimate of drug-likeness (QED) is 0.763. The van der Waals surface area contributed by atoms with Gasteiger partial charge in [-0.15, -0.1) is 0 Å². The van der Waals surface area contributed by atoms with Crippen LogP contribution < -0.4 is 10.1 Å². The molecule has 5 heteroatoms. The third kappa shape index (κ3) is 2.77. The van der Waals surface area contributed by atoms with E-state index >= 15 is 0 Å². The largest absolute Gasteiger partial charge is 0.484 e. The lowest BCUT2D eigenvalue weighted by atomic mass is 10.2. The Morgan fingerprint density at radius 1 is 1.20 bits per heavy atom. The van der Waals surface area contributed by atoms with Gasteiger partial charge >= 0.3 is 0 Å². The van der Waals surface area contributed by atoms with Gasteiger partial charge in [0.2, 0.25) is 0 Å². The standard InChI is InChI=1S/C15H13N3O2/c19-15(10-20-13-4-2-1-3-5-13)17-12-7-6-11-9-16-18-14(11)8-12/h1-9H,10H2,(H,16,18)(H,17,19). The number of para-hydroxylation sites is 1. The monoisotopic (exact) mass is 267 g/mol. The fraction of sp³-hybridized carbons (Fsp3) is 0.0667. The van der Waals surface area contributed by atoms with Crippen molar-refractivity contribution in [2.24, 2.45) is 0 Å². The summed E-state index contributed by atoms with van der Waals surface area (Å²) in [7, 11) is 0. The molecule has 0 spiro atoms. The topological polar surface area (TPSA) is 67.0 Å². The number of fused-ring (bicyclic) bond motifs is 1. The van der Waals surface area contributed by atoms with Gasteiger partial charge in [0.15, 0.2) is 6.61 Å². The molecule has 0 unspecified atom stereocenters. The number of aromatic amines is 1. The zero-order chi connectivity index (χ0) is 13.8. The summed E-state index contributed by atoms with van der Waals surface area (Å²) in [5.41, 5.74) is 1.59. The van der Waals surface area contributed by atoms with Crippen molar-refractivity contribution in [2.75, 3.05) is 11.9 Å². The van der Waals surface area contributed by atoms with Crippen molar-refractivity contribution in [2.45, 2.75) is 0 Å². The highest BCUT2D eigenvalue weighted by molar-refractivity contribution is 5.94. The molecule has 2 aromatic carbocycles. The van der Waals surface area contributed by atoms with Crippen molar-refractivity contribution in [3.05, 3.63) is 54.7 Å². The highest BCUT2D eigenvalue weighted by Gasteiger charge is 2.04. The number of carbonyl (C=O) groups is 1. The van der Waals surface area contributed by atoms with E-state index in [-0.39, 0.29) is 12.5 Å². The van der Waals surface area contributed by atoms with Crippen molar-refractivity contribution >= 4 is 22.5 Å². The number of H-pyrrole nitrogens is 1. The first-order chi connectivity index (χ1) is 9.81. The number of benzene rings is 2. The van der Waals surface area contributed by atoms with Gasteiger partial charge in [-0.3, -0.25) is 9.89 Å². The molecule has 0 aliphatic rings. The lowest BCUT2D eigenvalue weighted by molar-refractivity contribution is -0.118. The van der Waals surface area contributed by atoms with Crippen LogP contribution in [-0.2, 0) is 4.79 Å². The molecule has 0 saturated carbocycles. The van der Waals surface area contributed by atoms with E-state index in [0.717, 1.165) is 10.9 Å². The smallest absolute Gasteiger partial charge is 0.262 e. The maximum atomic E-state index is 11.8. The summed E-state index contributed by atoms with van der Waals surface area (Å²) < 4.78 is 5.38. The summed E-state index contributed by atoms with van der Waals surface area (Å²) >= 11 is 0. The van der Waals surface area contributed by atoms with Gasteiger partial charge < -0.3 is 10.1 Å². The molecule has 5 nitrogen and oxygen atoms in total. The van der Waals surface area contributed by atoms with E-state index in [9.17, 15) is 4.79 Å². The minimum Gasteiger partial charge on any atom is -0.484 e. The molecule has 0 saturated heterocycles. The Balaban J connectivity index is 1.61. The summed E-state index contributed by atoms with van der Waals surface area (Å²) in [6.07, 6.45) is 1.74. The third-order valence-electron chi connectivity index (χ3n) is 2.84.